The topological polar surface area (TPSA) is 15.7 Å². The Morgan fingerprint density at radius 3 is 2.44 bits per heavy atom. The van der Waals surface area contributed by atoms with Gasteiger partial charge in [0.2, 0.25) is 0 Å². The summed E-state index contributed by atoms with van der Waals surface area (Å²) in [7, 11) is 2.20. The minimum atomic E-state index is 0.388. The van der Waals surface area contributed by atoms with Crippen molar-refractivity contribution in [2.75, 3.05) is 26.7 Å². The molecule has 0 spiro atoms. The van der Waals surface area contributed by atoms with Crippen LogP contribution in [0.2, 0.25) is 0 Å². The molecule has 0 N–H and O–H groups in total. The molecular weight excluding hydrogens is 220 g/mol. The molecule has 94 valence electrons. The van der Waals surface area contributed by atoms with Crippen molar-refractivity contribution in [3.8, 4) is 0 Å². The number of nitrogens with zero attached hydrogens (tertiary/aromatic N) is 2. The molecule has 16 heavy (non-hydrogen) atoms. The fourth-order valence-corrected chi connectivity index (χ4v) is 3.09. The average Bonchev–Trinajstić information content (AvgIpc) is 2.11. The van der Waals surface area contributed by atoms with E-state index in [1.165, 1.54) is 19.6 Å². The van der Waals surface area contributed by atoms with Crippen LogP contribution in [0.5, 0.6) is 0 Å². The first-order valence-corrected chi connectivity index (χ1v) is 6.71. The Hall–Kier alpha value is 0.230. The molecule has 0 aromatic heterocycles. The summed E-state index contributed by atoms with van der Waals surface area (Å²) in [5.74, 6) is 0.878. The predicted molar refractivity (Wildman–Crippen MR) is 69.7 cm³/mol. The van der Waals surface area contributed by atoms with E-state index in [4.69, 9.17) is 4.18 Å². The molecule has 3 nitrogen and oxygen atoms in total. The normalized spacial score (nSPS) is 31.9. The van der Waals surface area contributed by atoms with Crippen molar-refractivity contribution < 1.29 is 4.18 Å². The van der Waals surface area contributed by atoms with Gasteiger partial charge in [-0.2, -0.15) is 0 Å². The third kappa shape index (κ3) is 2.73. The van der Waals surface area contributed by atoms with Crippen molar-refractivity contribution in [1.82, 2.24) is 9.80 Å². The van der Waals surface area contributed by atoms with Crippen molar-refractivity contribution in [2.45, 2.75) is 44.9 Å². The van der Waals surface area contributed by atoms with E-state index in [2.05, 4.69) is 43.6 Å². The van der Waals surface area contributed by atoms with Gasteiger partial charge in [0.1, 0.15) is 0 Å². The first-order valence-electron chi connectivity index (χ1n) is 6.34. The van der Waals surface area contributed by atoms with E-state index >= 15 is 0 Å². The van der Waals surface area contributed by atoms with Gasteiger partial charge in [-0.25, -0.2) is 0 Å². The highest BCUT2D eigenvalue weighted by Crippen LogP contribution is 2.31. The second-order valence-corrected chi connectivity index (χ2v) is 5.94. The minimum absolute atomic E-state index is 0.388. The lowest BCUT2D eigenvalue weighted by Crippen LogP contribution is -2.56. The zero-order chi connectivity index (χ0) is 11.7. The van der Waals surface area contributed by atoms with Crippen LogP contribution in [0.15, 0.2) is 0 Å². The van der Waals surface area contributed by atoms with Crippen LogP contribution in [0.25, 0.3) is 0 Å². The minimum Gasteiger partial charge on any atom is -0.315 e. The van der Waals surface area contributed by atoms with E-state index in [9.17, 15) is 0 Å². The van der Waals surface area contributed by atoms with Crippen LogP contribution in [0.3, 0.4) is 0 Å². The zero-order valence-corrected chi connectivity index (χ0v) is 11.5. The molecule has 0 radical (unpaired) electrons. The molecule has 4 heteroatoms. The summed E-state index contributed by atoms with van der Waals surface area (Å²) in [6, 6.07) is 1.37. The zero-order valence-electron chi connectivity index (χ0n) is 10.6. The summed E-state index contributed by atoms with van der Waals surface area (Å²) in [4.78, 5) is 5.05. The molecular formula is C12H24N2OS. The van der Waals surface area contributed by atoms with Crippen molar-refractivity contribution in [3.63, 3.8) is 0 Å². The largest absolute Gasteiger partial charge is 0.315 e. The fourth-order valence-electron chi connectivity index (χ4n) is 2.92. The summed E-state index contributed by atoms with van der Waals surface area (Å²) < 4.78 is 5.07. The number of thiol groups is 1. The van der Waals surface area contributed by atoms with Crippen molar-refractivity contribution in [1.29, 1.82) is 0 Å². The van der Waals surface area contributed by atoms with E-state index < -0.39 is 0 Å². The first-order chi connectivity index (χ1) is 7.60. The van der Waals surface area contributed by atoms with Crippen LogP contribution >= 0.6 is 12.9 Å². The van der Waals surface area contributed by atoms with Crippen LogP contribution in [0, 0.1) is 5.92 Å². The Morgan fingerprint density at radius 1 is 1.38 bits per heavy atom. The molecule has 1 aliphatic carbocycles. The van der Waals surface area contributed by atoms with Crippen LogP contribution in [-0.4, -0.2) is 54.7 Å². The molecule has 0 aromatic carbocycles. The lowest BCUT2D eigenvalue weighted by atomic mass is 9.86. The Balaban J connectivity index is 1.77. The Morgan fingerprint density at radius 2 is 2.00 bits per heavy atom. The molecule has 0 bridgehead atoms. The van der Waals surface area contributed by atoms with E-state index in [0.29, 0.717) is 12.1 Å². The second kappa shape index (κ2) is 5.25. The van der Waals surface area contributed by atoms with E-state index in [1.54, 1.807) is 0 Å². The summed E-state index contributed by atoms with van der Waals surface area (Å²) in [5, 5.41) is 0. The third-order valence-corrected chi connectivity index (χ3v) is 4.26. The van der Waals surface area contributed by atoms with Crippen molar-refractivity contribution in [2.24, 2.45) is 5.92 Å². The van der Waals surface area contributed by atoms with E-state index in [1.807, 2.05) is 0 Å². The highest BCUT2D eigenvalue weighted by Gasteiger charge is 2.37. The number of likely N-dealkylation sites (tertiary alicyclic amines) is 1. The smallest absolute Gasteiger partial charge is 0.0748 e. The molecule has 2 rings (SSSR count). The van der Waals surface area contributed by atoms with Crippen LogP contribution < -0.4 is 0 Å². The van der Waals surface area contributed by atoms with Gasteiger partial charge in [-0.3, -0.25) is 4.90 Å². The van der Waals surface area contributed by atoms with Gasteiger partial charge < -0.3 is 9.08 Å². The average molecular weight is 244 g/mol. The SMILES string of the molecule is CC(C)N(CC1CN(C)C1)C1CC(OS)C1. The third-order valence-electron chi connectivity index (χ3n) is 3.96. The van der Waals surface area contributed by atoms with Crippen LogP contribution in [0.1, 0.15) is 26.7 Å². The quantitative estimate of drug-likeness (QED) is 0.585. The number of hydrogen-bond acceptors (Lipinski definition) is 4. The summed E-state index contributed by atoms with van der Waals surface area (Å²) >= 11 is 3.89. The summed E-state index contributed by atoms with van der Waals surface area (Å²) in [6.07, 6.45) is 2.70. The molecule has 0 aromatic rings. The Bertz CT molecular complexity index is 225. The van der Waals surface area contributed by atoms with Gasteiger partial charge in [0.05, 0.1) is 6.10 Å². The Labute approximate surface area is 105 Å². The Kier molecular flexibility index (Phi) is 4.16. The van der Waals surface area contributed by atoms with Gasteiger partial charge in [-0.15, -0.1) is 0 Å². The van der Waals surface area contributed by atoms with Crippen LogP contribution in [-0.2, 0) is 4.18 Å². The standard InChI is InChI=1S/C12H24N2OS/c1-9(2)14(8-10-6-13(3)7-10)11-4-12(5-11)15-16/h9-12,16H,4-8H2,1-3H3. The molecule has 0 atom stereocenters. The van der Waals surface area contributed by atoms with E-state index in [0.717, 1.165) is 24.8 Å². The number of hydrogen-bond donors (Lipinski definition) is 1. The van der Waals surface area contributed by atoms with E-state index in [-0.39, 0.29) is 0 Å². The van der Waals surface area contributed by atoms with Gasteiger partial charge in [0.25, 0.3) is 0 Å². The maximum atomic E-state index is 5.07. The van der Waals surface area contributed by atoms with Crippen LogP contribution in [0.4, 0.5) is 0 Å². The monoisotopic (exact) mass is 244 g/mol. The van der Waals surface area contributed by atoms with Gasteiger partial charge in [-0.05, 0) is 52.6 Å². The summed E-state index contributed by atoms with van der Waals surface area (Å²) in [5.41, 5.74) is 0. The predicted octanol–water partition coefficient (Wildman–Crippen LogP) is 1.65. The van der Waals surface area contributed by atoms with Gasteiger partial charge in [0, 0.05) is 31.7 Å². The molecule has 2 fully saturated rings. The molecule has 1 saturated heterocycles. The van der Waals surface area contributed by atoms with Crippen molar-refractivity contribution >= 4 is 12.9 Å². The molecule has 1 saturated carbocycles. The summed E-state index contributed by atoms with van der Waals surface area (Å²) in [6.45, 7) is 8.39. The van der Waals surface area contributed by atoms with Crippen molar-refractivity contribution in [3.05, 3.63) is 0 Å². The van der Waals surface area contributed by atoms with Gasteiger partial charge in [0.15, 0.2) is 0 Å². The highest BCUT2D eigenvalue weighted by molar-refractivity contribution is 7.75. The second-order valence-electron chi connectivity index (χ2n) is 5.73. The lowest BCUT2D eigenvalue weighted by Gasteiger charge is -2.47. The lowest BCUT2D eigenvalue weighted by molar-refractivity contribution is -0.0136. The molecule has 1 heterocycles. The number of rotatable bonds is 5. The molecule has 0 unspecified atom stereocenters. The first kappa shape index (κ1) is 12.7. The maximum absolute atomic E-state index is 5.07. The fraction of sp³-hybridized carbons (Fsp3) is 1.00. The highest BCUT2D eigenvalue weighted by atomic mass is 32.1. The molecule has 0 amide bonds. The van der Waals surface area contributed by atoms with Gasteiger partial charge >= 0.3 is 0 Å². The van der Waals surface area contributed by atoms with Gasteiger partial charge in [-0.1, -0.05) is 0 Å². The maximum Gasteiger partial charge on any atom is 0.0748 e. The molecule has 2 aliphatic rings. The molecule has 1 aliphatic heterocycles.